The van der Waals surface area contributed by atoms with Gasteiger partial charge < -0.3 is 10.7 Å². The Morgan fingerprint density at radius 2 is 1.94 bits per heavy atom. The van der Waals surface area contributed by atoms with Crippen molar-refractivity contribution in [1.82, 2.24) is 30.1 Å². The summed E-state index contributed by atoms with van der Waals surface area (Å²) in [7, 11) is 0. The Hall–Kier alpha value is -4.11. The number of benzene rings is 1. The van der Waals surface area contributed by atoms with Crippen molar-refractivity contribution in [1.29, 1.82) is 0 Å². The Labute approximate surface area is 178 Å². The standard InChI is InChI=1S/C22H14FN7S/c23-18-17-16(9-26-19(18)12-6-13(24)8-25-7-12)29-30-21(17)22-27-15-3-1-2-14(20(15)28-22)11-4-5-31-10-11/h1-10H,24H2,(H,27,28)(H,29,30). The molecule has 0 saturated heterocycles. The van der Waals surface area contributed by atoms with E-state index in [2.05, 4.69) is 36.6 Å². The average Bonchev–Trinajstić information content (AvgIpc) is 3.52. The van der Waals surface area contributed by atoms with Crippen LogP contribution in [0.4, 0.5) is 10.1 Å². The van der Waals surface area contributed by atoms with Gasteiger partial charge in [-0.15, -0.1) is 0 Å². The molecule has 0 unspecified atom stereocenters. The number of hydrogen-bond acceptors (Lipinski definition) is 6. The topological polar surface area (TPSA) is 109 Å². The number of rotatable bonds is 3. The van der Waals surface area contributed by atoms with Crippen molar-refractivity contribution in [2.24, 2.45) is 0 Å². The van der Waals surface area contributed by atoms with Gasteiger partial charge in [0, 0.05) is 23.5 Å². The fourth-order valence-corrected chi connectivity index (χ4v) is 4.39. The molecule has 0 aliphatic carbocycles. The molecule has 6 aromatic rings. The number of anilines is 1. The highest BCUT2D eigenvalue weighted by molar-refractivity contribution is 7.08. The molecule has 31 heavy (non-hydrogen) atoms. The number of aromatic amines is 2. The van der Waals surface area contributed by atoms with E-state index in [0.29, 0.717) is 33.7 Å². The number of nitrogens with one attached hydrogen (secondary N) is 2. The van der Waals surface area contributed by atoms with Gasteiger partial charge >= 0.3 is 0 Å². The first-order valence-electron chi connectivity index (χ1n) is 9.44. The third kappa shape index (κ3) is 2.78. The molecule has 150 valence electrons. The summed E-state index contributed by atoms with van der Waals surface area (Å²) in [5, 5.41) is 11.6. The van der Waals surface area contributed by atoms with E-state index < -0.39 is 5.82 Å². The van der Waals surface area contributed by atoms with Crippen LogP contribution in [-0.4, -0.2) is 30.1 Å². The second-order valence-electron chi connectivity index (χ2n) is 7.09. The first kappa shape index (κ1) is 17.7. The summed E-state index contributed by atoms with van der Waals surface area (Å²) in [6.07, 6.45) is 4.58. The second-order valence-corrected chi connectivity index (χ2v) is 7.87. The summed E-state index contributed by atoms with van der Waals surface area (Å²) in [6, 6.07) is 9.62. The third-order valence-electron chi connectivity index (χ3n) is 5.15. The fraction of sp³-hybridized carbons (Fsp3) is 0. The number of nitrogen functional groups attached to an aromatic ring is 1. The summed E-state index contributed by atoms with van der Waals surface area (Å²) in [5.74, 6) is -0.0298. The third-order valence-corrected chi connectivity index (χ3v) is 5.83. The molecule has 5 heterocycles. The summed E-state index contributed by atoms with van der Waals surface area (Å²) in [6.45, 7) is 0. The van der Waals surface area contributed by atoms with Crippen molar-refractivity contribution in [3.05, 3.63) is 65.5 Å². The maximum Gasteiger partial charge on any atom is 0.161 e. The van der Waals surface area contributed by atoms with E-state index in [4.69, 9.17) is 10.7 Å². The number of hydrogen-bond donors (Lipinski definition) is 3. The Morgan fingerprint density at radius 1 is 1.00 bits per heavy atom. The lowest BCUT2D eigenvalue weighted by Crippen LogP contribution is -1.94. The van der Waals surface area contributed by atoms with Crippen LogP contribution in [0.15, 0.2) is 59.7 Å². The molecule has 0 radical (unpaired) electrons. The highest BCUT2D eigenvalue weighted by Crippen LogP contribution is 2.34. The molecular formula is C22H14FN7S. The van der Waals surface area contributed by atoms with Gasteiger partial charge in [0.05, 0.1) is 33.8 Å². The van der Waals surface area contributed by atoms with Gasteiger partial charge in [-0.2, -0.15) is 16.4 Å². The van der Waals surface area contributed by atoms with Gasteiger partial charge in [0.15, 0.2) is 11.6 Å². The number of fused-ring (bicyclic) bond motifs is 2. The molecule has 7 nitrogen and oxygen atoms in total. The molecular weight excluding hydrogens is 413 g/mol. The van der Waals surface area contributed by atoms with E-state index in [1.54, 1.807) is 23.6 Å². The minimum Gasteiger partial charge on any atom is -0.397 e. The van der Waals surface area contributed by atoms with Crippen molar-refractivity contribution >= 4 is 39.0 Å². The number of halogens is 1. The van der Waals surface area contributed by atoms with E-state index in [1.165, 1.54) is 12.4 Å². The molecule has 0 aliphatic heterocycles. The van der Waals surface area contributed by atoms with Gasteiger partial charge in [0.25, 0.3) is 0 Å². The van der Waals surface area contributed by atoms with Gasteiger partial charge in [-0.25, -0.2) is 9.37 Å². The Kier molecular flexibility index (Phi) is 3.84. The van der Waals surface area contributed by atoms with Crippen molar-refractivity contribution in [2.75, 3.05) is 5.73 Å². The van der Waals surface area contributed by atoms with E-state index in [-0.39, 0.29) is 5.69 Å². The number of thiophene rings is 1. The van der Waals surface area contributed by atoms with Crippen molar-refractivity contribution < 1.29 is 4.39 Å². The fourth-order valence-electron chi connectivity index (χ4n) is 3.73. The SMILES string of the molecule is Nc1cncc(-c2ncc3[nH]nc(-c4nc5c(-c6ccsc6)cccc5[nH]4)c3c2F)c1. The zero-order valence-corrected chi connectivity index (χ0v) is 16.7. The lowest BCUT2D eigenvalue weighted by atomic mass is 10.1. The zero-order chi connectivity index (χ0) is 20.9. The van der Waals surface area contributed by atoms with Crippen molar-refractivity contribution in [3.8, 4) is 33.9 Å². The minimum absolute atomic E-state index is 0.157. The molecule has 0 saturated carbocycles. The van der Waals surface area contributed by atoms with E-state index in [9.17, 15) is 0 Å². The minimum atomic E-state index is -0.507. The molecule has 0 fully saturated rings. The van der Waals surface area contributed by atoms with Crippen LogP contribution in [0.1, 0.15) is 0 Å². The Bertz CT molecular complexity index is 1570. The predicted molar refractivity (Wildman–Crippen MR) is 120 cm³/mol. The van der Waals surface area contributed by atoms with E-state index in [0.717, 1.165) is 22.2 Å². The van der Waals surface area contributed by atoms with Crippen LogP contribution in [-0.2, 0) is 0 Å². The molecule has 1 aromatic carbocycles. The smallest absolute Gasteiger partial charge is 0.161 e. The van der Waals surface area contributed by atoms with E-state index >= 15 is 4.39 Å². The molecule has 6 rings (SSSR count). The van der Waals surface area contributed by atoms with E-state index in [1.807, 2.05) is 23.6 Å². The monoisotopic (exact) mass is 427 g/mol. The van der Waals surface area contributed by atoms with Gasteiger partial charge in [-0.3, -0.25) is 15.1 Å². The largest absolute Gasteiger partial charge is 0.397 e. The maximum atomic E-state index is 15.6. The van der Waals surface area contributed by atoms with Crippen molar-refractivity contribution in [3.63, 3.8) is 0 Å². The van der Waals surface area contributed by atoms with Crippen LogP contribution in [0.3, 0.4) is 0 Å². The molecule has 5 aromatic heterocycles. The lowest BCUT2D eigenvalue weighted by molar-refractivity contribution is 0.638. The maximum absolute atomic E-state index is 15.6. The number of imidazole rings is 1. The number of nitrogens with zero attached hydrogens (tertiary/aromatic N) is 4. The summed E-state index contributed by atoms with van der Waals surface area (Å²) < 4.78 is 15.6. The molecule has 0 aliphatic rings. The summed E-state index contributed by atoms with van der Waals surface area (Å²) >= 11 is 1.63. The highest BCUT2D eigenvalue weighted by atomic mass is 32.1. The van der Waals surface area contributed by atoms with Crippen LogP contribution in [0.2, 0.25) is 0 Å². The lowest BCUT2D eigenvalue weighted by Gasteiger charge is -2.04. The predicted octanol–water partition coefficient (Wildman–Crippen LogP) is 5.01. The van der Waals surface area contributed by atoms with Crippen LogP contribution in [0.5, 0.6) is 0 Å². The Morgan fingerprint density at radius 3 is 2.77 bits per heavy atom. The number of H-pyrrole nitrogens is 2. The number of pyridine rings is 2. The van der Waals surface area contributed by atoms with Gasteiger partial charge in [-0.1, -0.05) is 12.1 Å². The van der Waals surface area contributed by atoms with Gasteiger partial charge in [0.2, 0.25) is 0 Å². The van der Waals surface area contributed by atoms with Crippen LogP contribution < -0.4 is 5.73 Å². The molecule has 0 amide bonds. The molecule has 0 bridgehead atoms. The van der Waals surface area contributed by atoms with Gasteiger partial charge in [0.1, 0.15) is 11.4 Å². The van der Waals surface area contributed by atoms with Crippen LogP contribution >= 0.6 is 11.3 Å². The molecule has 9 heteroatoms. The average molecular weight is 427 g/mol. The number of aromatic nitrogens is 6. The number of para-hydroxylation sites is 1. The van der Waals surface area contributed by atoms with Crippen molar-refractivity contribution in [2.45, 2.75) is 0 Å². The molecule has 0 atom stereocenters. The normalized spacial score (nSPS) is 11.5. The van der Waals surface area contributed by atoms with Gasteiger partial charge in [-0.05, 0) is 34.5 Å². The highest BCUT2D eigenvalue weighted by Gasteiger charge is 2.21. The molecule has 0 spiro atoms. The first-order chi connectivity index (χ1) is 15.2. The summed E-state index contributed by atoms with van der Waals surface area (Å²) in [4.78, 5) is 16.3. The first-order valence-corrected chi connectivity index (χ1v) is 10.4. The second kappa shape index (κ2) is 6.71. The molecule has 4 N–H and O–H groups in total. The Balaban J connectivity index is 1.56. The van der Waals surface area contributed by atoms with Crippen LogP contribution in [0.25, 0.3) is 55.8 Å². The quantitative estimate of drug-likeness (QED) is 0.368. The number of nitrogens with two attached hydrogens (primary N) is 1. The zero-order valence-electron chi connectivity index (χ0n) is 15.9. The van der Waals surface area contributed by atoms with Crippen LogP contribution in [0, 0.1) is 5.82 Å². The summed E-state index contributed by atoms with van der Waals surface area (Å²) in [5.41, 5.74) is 11.5.